The SMILES string of the molecule is CC(C)CN(C)C(=O)Cc1ccc(CC2CCN(S(=O)(=O)N(C)C)C2)cc1.O=CO. The fraction of sp³-hybridized carbons (Fsp3) is 0.619. The number of carboxylic acid groups (broad SMARTS) is 1. The molecular formula is C21H35N3O5S. The third-order valence-corrected chi connectivity index (χ3v) is 6.91. The highest BCUT2D eigenvalue weighted by molar-refractivity contribution is 7.86. The normalized spacial score (nSPS) is 17.0. The summed E-state index contributed by atoms with van der Waals surface area (Å²) in [7, 11) is 1.68. The molecule has 1 N–H and O–H groups in total. The number of hydrogen-bond acceptors (Lipinski definition) is 4. The van der Waals surface area contributed by atoms with Crippen LogP contribution in [0.25, 0.3) is 0 Å². The average molecular weight is 442 g/mol. The molecule has 1 saturated heterocycles. The number of amides is 1. The van der Waals surface area contributed by atoms with Crippen LogP contribution in [-0.2, 0) is 32.6 Å². The molecule has 1 aliphatic heterocycles. The van der Waals surface area contributed by atoms with Crippen LogP contribution in [0.1, 0.15) is 31.4 Å². The molecule has 0 saturated carbocycles. The Balaban J connectivity index is 0.00000141. The van der Waals surface area contributed by atoms with Crippen LogP contribution < -0.4 is 0 Å². The molecule has 8 nitrogen and oxygen atoms in total. The van der Waals surface area contributed by atoms with Crippen LogP contribution in [0.3, 0.4) is 0 Å². The highest BCUT2D eigenvalue weighted by atomic mass is 32.2. The van der Waals surface area contributed by atoms with Gasteiger partial charge in [-0.2, -0.15) is 17.0 Å². The molecule has 1 atom stereocenters. The first-order chi connectivity index (χ1) is 14.0. The van der Waals surface area contributed by atoms with E-state index < -0.39 is 10.2 Å². The molecule has 9 heteroatoms. The Morgan fingerprint density at radius 1 is 1.20 bits per heavy atom. The van der Waals surface area contributed by atoms with E-state index in [0.717, 1.165) is 24.9 Å². The summed E-state index contributed by atoms with van der Waals surface area (Å²) >= 11 is 0. The topological polar surface area (TPSA) is 98.2 Å². The van der Waals surface area contributed by atoms with Crippen LogP contribution in [0.2, 0.25) is 0 Å². The van der Waals surface area contributed by atoms with Gasteiger partial charge in [0.2, 0.25) is 5.91 Å². The zero-order valence-corrected chi connectivity index (χ0v) is 19.4. The van der Waals surface area contributed by atoms with E-state index in [1.54, 1.807) is 23.3 Å². The van der Waals surface area contributed by atoms with Crippen LogP contribution in [-0.4, -0.2) is 80.2 Å². The van der Waals surface area contributed by atoms with Gasteiger partial charge in [0.25, 0.3) is 16.7 Å². The molecule has 30 heavy (non-hydrogen) atoms. The Bertz CT molecular complexity index is 778. The highest BCUT2D eigenvalue weighted by Crippen LogP contribution is 2.24. The van der Waals surface area contributed by atoms with Crippen molar-refractivity contribution in [3.8, 4) is 0 Å². The lowest BCUT2D eigenvalue weighted by Gasteiger charge is -2.21. The number of carbonyl (C=O) groups excluding carboxylic acids is 1. The third-order valence-electron chi connectivity index (χ3n) is 5.00. The van der Waals surface area contributed by atoms with E-state index in [9.17, 15) is 13.2 Å². The molecule has 1 fully saturated rings. The van der Waals surface area contributed by atoms with Gasteiger partial charge in [0, 0.05) is 40.8 Å². The fourth-order valence-corrected chi connectivity index (χ4v) is 4.69. The smallest absolute Gasteiger partial charge is 0.290 e. The Morgan fingerprint density at radius 3 is 2.23 bits per heavy atom. The maximum absolute atomic E-state index is 12.3. The van der Waals surface area contributed by atoms with Gasteiger partial charge < -0.3 is 10.0 Å². The molecule has 2 rings (SSSR count). The summed E-state index contributed by atoms with van der Waals surface area (Å²) in [5.74, 6) is 0.935. The van der Waals surface area contributed by atoms with E-state index >= 15 is 0 Å². The second-order valence-electron chi connectivity index (χ2n) is 8.27. The molecule has 0 bridgehead atoms. The van der Waals surface area contributed by atoms with Gasteiger partial charge in [-0.05, 0) is 35.8 Å². The lowest BCUT2D eigenvalue weighted by atomic mass is 9.97. The van der Waals surface area contributed by atoms with Gasteiger partial charge in [0.15, 0.2) is 0 Å². The largest absolute Gasteiger partial charge is 0.483 e. The van der Waals surface area contributed by atoms with Gasteiger partial charge >= 0.3 is 0 Å². The zero-order valence-electron chi connectivity index (χ0n) is 18.6. The Kier molecular flexibility index (Phi) is 10.4. The Morgan fingerprint density at radius 2 is 1.73 bits per heavy atom. The molecule has 0 aromatic heterocycles. The standard InChI is InChI=1S/C20H33N3O3S.CH2O2/c1-16(2)14-22(5)20(24)13-18-8-6-17(7-9-18)12-19-10-11-23(15-19)27(25,26)21(3)4;2-1-3/h6-9,16,19H,10-15H2,1-5H3;1H,(H,2,3). The van der Waals surface area contributed by atoms with Gasteiger partial charge in [-0.15, -0.1) is 0 Å². The van der Waals surface area contributed by atoms with Gasteiger partial charge in [-0.1, -0.05) is 38.1 Å². The van der Waals surface area contributed by atoms with Crippen molar-refractivity contribution >= 4 is 22.6 Å². The summed E-state index contributed by atoms with van der Waals surface area (Å²) < 4.78 is 27.3. The number of carbonyl (C=O) groups is 2. The van der Waals surface area contributed by atoms with Crippen LogP contribution in [0.15, 0.2) is 24.3 Å². The van der Waals surface area contributed by atoms with Crippen molar-refractivity contribution in [3.63, 3.8) is 0 Å². The second-order valence-corrected chi connectivity index (χ2v) is 10.4. The molecule has 1 heterocycles. The fourth-order valence-electron chi connectivity index (χ4n) is 3.49. The van der Waals surface area contributed by atoms with Gasteiger partial charge in [-0.3, -0.25) is 9.59 Å². The molecule has 170 valence electrons. The van der Waals surface area contributed by atoms with Gasteiger partial charge in [0.05, 0.1) is 6.42 Å². The van der Waals surface area contributed by atoms with E-state index in [1.807, 2.05) is 19.2 Å². The lowest BCUT2D eigenvalue weighted by molar-refractivity contribution is -0.129. The molecular weight excluding hydrogens is 406 g/mol. The minimum atomic E-state index is -3.31. The van der Waals surface area contributed by atoms with Crippen LogP contribution in [0.4, 0.5) is 0 Å². The first-order valence-electron chi connectivity index (χ1n) is 10.1. The van der Waals surface area contributed by atoms with Crippen LogP contribution >= 0.6 is 0 Å². The van der Waals surface area contributed by atoms with E-state index in [2.05, 4.69) is 26.0 Å². The lowest BCUT2D eigenvalue weighted by Crippen LogP contribution is -2.38. The maximum atomic E-state index is 12.3. The molecule has 1 aliphatic rings. The molecule has 1 amide bonds. The molecule has 0 aliphatic carbocycles. The summed E-state index contributed by atoms with van der Waals surface area (Å²) in [6.07, 6.45) is 2.16. The van der Waals surface area contributed by atoms with Crippen molar-refractivity contribution in [1.29, 1.82) is 0 Å². The summed E-state index contributed by atoms with van der Waals surface area (Å²) in [4.78, 5) is 22.4. The van der Waals surface area contributed by atoms with Crippen molar-refractivity contribution < 1.29 is 23.1 Å². The van der Waals surface area contributed by atoms with Crippen molar-refractivity contribution in [2.24, 2.45) is 11.8 Å². The van der Waals surface area contributed by atoms with Crippen molar-refractivity contribution in [2.45, 2.75) is 33.1 Å². The predicted octanol–water partition coefficient (Wildman–Crippen LogP) is 1.72. The van der Waals surface area contributed by atoms with Crippen LogP contribution in [0.5, 0.6) is 0 Å². The molecule has 1 aromatic rings. The third kappa shape index (κ3) is 8.04. The number of likely N-dealkylation sites (N-methyl/N-ethyl adjacent to an activating group) is 1. The van der Waals surface area contributed by atoms with Crippen molar-refractivity contribution in [3.05, 3.63) is 35.4 Å². The molecule has 1 unspecified atom stereocenters. The molecule has 0 radical (unpaired) electrons. The highest BCUT2D eigenvalue weighted by Gasteiger charge is 2.32. The maximum Gasteiger partial charge on any atom is 0.290 e. The number of rotatable bonds is 8. The Labute approximate surface area is 180 Å². The summed E-state index contributed by atoms with van der Waals surface area (Å²) in [6, 6.07) is 8.15. The average Bonchev–Trinajstić information content (AvgIpc) is 3.12. The van der Waals surface area contributed by atoms with Gasteiger partial charge in [-0.25, -0.2) is 0 Å². The number of benzene rings is 1. The number of hydrogen-bond donors (Lipinski definition) is 1. The Hall–Kier alpha value is -1.97. The minimum absolute atomic E-state index is 0.136. The summed E-state index contributed by atoms with van der Waals surface area (Å²) in [5.41, 5.74) is 2.21. The second kappa shape index (κ2) is 12.0. The van der Waals surface area contributed by atoms with E-state index in [1.165, 1.54) is 9.87 Å². The monoisotopic (exact) mass is 441 g/mol. The predicted molar refractivity (Wildman–Crippen MR) is 117 cm³/mol. The quantitative estimate of drug-likeness (QED) is 0.620. The van der Waals surface area contributed by atoms with E-state index in [0.29, 0.717) is 31.3 Å². The molecule has 1 aromatic carbocycles. The minimum Gasteiger partial charge on any atom is -0.483 e. The summed E-state index contributed by atoms with van der Waals surface area (Å²) in [6.45, 7) is 5.88. The van der Waals surface area contributed by atoms with Crippen molar-refractivity contribution in [2.75, 3.05) is 40.8 Å². The van der Waals surface area contributed by atoms with Crippen LogP contribution in [0, 0.1) is 11.8 Å². The summed E-state index contributed by atoms with van der Waals surface area (Å²) in [5, 5.41) is 6.89. The first-order valence-corrected chi connectivity index (χ1v) is 11.5. The van der Waals surface area contributed by atoms with E-state index in [4.69, 9.17) is 9.90 Å². The van der Waals surface area contributed by atoms with Crippen molar-refractivity contribution in [1.82, 2.24) is 13.5 Å². The van der Waals surface area contributed by atoms with E-state index in [-0.39, 0.29) is 12.4 Å². The van der Waals surface area contributed by atoms with Gasteiger partial charge in [0.1, 0.15) is 0 Å². The zero-order chi connectivity index (χ0) is 22.9. The first kappa shape index (κ1) is 26.1. The number of nitrogens with zero attached hydrogens (tertiary/aromatic N) is 3. The molecule has 0 spiro atoms.